The number of pyridine rings is 2. The van der Waals surface area contributed by atoms with Crippen molar-refractivity contribution in [3.05, 3.63) is 72.6 Å². The molecule has 6 aromatic heterocycles. The average Bonchev–Trinajstić information content (AvgIpc) is 3.98. The minimum atomic E-state index is -0.502. The Balaban J connectivity index is 0.000000183. The van der Waals surface area contributed by atoms with Gasteiger partial charge in [-0.3, -0.25) is 9.59 Å². The van der Waals surface area contributed by atoms with Crippen LogP contribution in [0, 0.1) is 0 Å². The van der Waals surface area contributed by atoms with Gasteiger partial charge in [-0.1, -0.05) is 0 Å². The highest BCUT2D eigenvalue weighted by Gasteiger charge is 2.28. The lowest BCUT2D eigenvalue weighted by molar-refractivity contribution is 0.0240. The topological polar surface area (TPSA) is 206 Å². The van der Waals surface area contributed by atoms with Crippen LogP contribution in [0.2, 0.25) is 0 Å². The number of aromatic nitrogens is 8. The first kappa shape index (κ1) is 50.5. The number of hydrogen-bond donors (Lipinski definition) is 3. The summed E-state index contributed by atoms with van der Waals surface area (Å²) in [6.07, 6.45) is 13.7. The van der Waals surface area contributed by atoms with Gasteiger partial charge in [-0.15, -0.1) is 0 Å². The lowest BCUT2D eigenvalue weighted by Gasteiger charge is -2.36. The molecular formula is C51H70N18O4. The van der Waals surface area contributed by atoms with Crippen LogP contribution in [-0.2, 0) is 4.74 Å². The molecule has 22 nitrogen and oxygen atoms in total. The molecule has 6 aromatic rings. The van der Waals surface area contributed by atoms with E-state index < -0.39 is 5.60 Å². The summed E-state index contributed by atoms with van der Waals surface area (Å²) in [5.74, 6) is 2.08. The maximum Gasteiger partial charge on any atom is 0.410 e. The fourth-order valence-electron chi connectivity index (χ4n) is 9.48. The van der Waals surface area contributed by atoms with Crippen LogP contribution in [0.3, 0.4) is 0 Å². The average molecular weight is 999 g/mol. The Labute approximate surface area is 426 Å². The number of nitrogens with zero attached hydrogens (tertiary/aromatic N) is 15. The van der Waals surface area contributed by atoms with E-state index in [2.05, 4.69) is 61.8 Å². The van der Waals surface area contributed by atoms with Gasteiger partial charge in [0.25, 0.3) is 11.8 Å². The first-order chi connectivity index (χ1) is 35.2. The normalized spacial score (nSPS) is 16.5. The van der Waals surface area contributed by atoms with Crippen LogP contribution >= 0.6 is 0 Å². The van der Waals surface area contributed by atoms with E-state index >= 15 is 0 Å². The number of anilines is 6. The smallest absolute Gasteiger partial charge is 0.410 e. The number of hydrogen-bond acceptors (Lipinski definition) is 17. The maximum absolute atomic E-state index is 13.0. The van der Waals surface area contributed by atoms with Crippen molar-refractivity contribution in [3.63, 3.8) is 0 Å². The van der Waals surface area contributed by atoms with E-state index in [1.165, 1.54) is 12.8 Å². The summed E-state index contributed by atoms with van der Waals surface area (Å²) in [6, 6.07) is 11.7. The van der Waals surface area contributed by atoms with Crippen molar-refractivity contribution >= 4 is 74.9 Å². The van der Waals surface area contributed by atoms with Crippen LogP contribution in [-0.4, -0.2) is 184 Å². The first-order valence-corrected chi connectivity index (χ1v) is 25.5. The summed E-state index contributed by atoms with van der Waals surface area (Å²) in [6.45, 7) is 15.7. The second-order valence-electron chi connectivity index (χ2n) is 20.3. The second kappa shape index (κ2) is 22.1. The van der Waals surface area contributed by atoms with E-state index in [4.69, 9.17) is 14.7 Å². The van der Waals surface area contributed by atoms with Crippen molar-refractivity contribution in [3.8, 4) is 0 Å². The molecular weight excluding hydrogens is 929 g/mol. The van der Waals surface area contributed by atoms with Crippen LogP contribution in [0.5, 0.6) is 0 Å². The number of piperidine rings is 2. The minimum Gasteiger partial charge on any atom is -0.444 e. The summed E-state index contributed by atoms with van der Waals surface area (Å²) in [4.78, 5) is 75.4. The van der Waals surface area contributed by atoms with Gasteiger partial charge in [0.05, 0.1) is 23.8 Å². The summed E-state index contributed by atoms with van der Waals surface area (Å²) in [7, 11) is 7.06. The Morgan fingerprint density at radius 3 is 1.40 bits per heavy atom. The van der Waals surface area contributed by atoms with Crippen LogP contribution < -0.4 is 35.8 Å². The molecule has 10 heterocycles. The number of carbonyl (C=O) groups is 3. The monoisotopic (exact) mass is 999 g/mol. The van der Waals surface area contributed by atoms with E-state index in [0.29, 0.717) is 66.7 Å². The number of fused-ring (bicyclic) bond motifs is 2. The van der Waals surface area contributed by atoms with Crippen molar-refractivity contribution in [2.24, 2.45) is 0 Å². The van der Waals surface area contributed by atoms with Crippen molar-refractivity contribution in [1.82, 2.24) is 59.3 Å². The van der Waals surface area contributed by atoms with Crippen molar-refractivity contribution in [2.75, 3.05) is 137 Å². The van der Waals surface area contributed by atoms with Gasteiger partial charge in [0.1, 0.15) is 28.6 Å². The third-order valence-corrected chi connectivity index (χ3v) is 13.3. The molecule has 3 N–H and O–H groups in total. The highest BCUT2D eigenvalue weighted by Crippen LogP contribution is 2.27. The Morgan fingerprint density at radius 1 is 0.562 bits per heavy atom. The van der Waals surface area contributed by atoms with E-state index in [9.17, 15) is 14.4 Å². The van der Waals surface area contributed by atoms with Crippen LogP contribution in [0.25, 0.3) is 22.1 Å². The predicted octanol–water partition coefficient (Wildman–Crippen LogP) is 5.25. The highest BCUT2D eigenvalue weighted by atomic mass is 16.6. The van der Waals surface area contributed by atoms with Crippen LogP contribution in [0.4, 0.5) is 39.7 Å². The molecule has 22 heteroatoms. The Bertz CT molecular complexity index is 2850. The molecule has 0 aromatic carbocycles. The van der Waals surface area contributed by atoms with Gasteiger partial charge < -0.3 is 55.2 Å². The third kappa shape index (κ3) is 11.9. The van der Waals surface area contributed by atoms with Crippen molar-refractivity contribution < 1.29 is 19.1 Å². The lowest BCUT2D eigenvalue weighted by atomic mass is 10.2. The number of piperazine rings is 2. The molecule has 4 aliphatic heterocycles. The molecule has 4 aliphatic rings. The number of rotatable bonds is 10. The second-order valence-corrected chi connectivity index (χ2v) is 20.3. The zero-order chi connectivity index (χ0) is 51.2. The Morgan fingerprint density at radius 2 is 1.00 bits per heavy atom. The Hall–Kier alpha value is -7.49. The Kier molecular flexibility index (Phi) is 15.3. The predicted molar refractivity (Wildman–Crippen MR) is 285 cm³/mol. The highest BCUT2D eigenvalue weighted by molar-refractivity contribution is 5.99. The largest absolute Gasteiger partial charge is 0.444 e. The third-order valence-electron chi connectivity index (χ3n) is 13.3. The fourth-order valence-corrected chi connectivity index (χ4v) is 9.48. The molecule has 4 saturated heterocycles. The molecule has 0 atom stereocenters. The van der Waals surface area contributed by atoms with Crippen molar-refractivity contribution in [1.29, 1.82) is 0 Å². The van der Waals surface area contributed by atoms with E-state index in [1.54, 1.807) is 55.3 Å². The summed E-state index contributed by atoms with van der Waals surface area (Å²) in [5, 5.41) is 15.9. The van der Waals surface area contributed by atoms with Gasteiger partial charge in [-0.25, -0.2) is 34.1 Å². The van der Waals surface area contributed by atoms with Crippen LogP contribution in [0.1, 0.15) is 80.3 Å². The van der Waals surface area contributed by atoms with Gasteiger partial charge in [0.2, 0.25) is 11.9 Å². The van der Waals surface area contributed by atoms with E-state index in [1.807, 2.05) is 72.8 Å². The first-order valence-electron chi connectivity index (χ1n) is 25.5. The molecule has 0 unspecified atom stereocenters. The molecule has 0 saturated carbocycles. The minimum absolute atomic E-state index is 0.0433. The maximum atomic E-state index is 13.0. The lowest BCUT2D eigenvalue weighted by Crippen LogP contribution is -2.50. The molecule has 0 radical (unpaired) electrons. The summed E-state index contributed by atoms with van der Waals surface area (Å²) < 4.78 is 9.43. The van der Waals surface area contributed by atoms with Gasteiger partial charge in [-0.2, -0.15) is 9.97 Å². The molecule has 3 amide bonds. The number of carbonyl (C=O) groups excluding carboxylic acids is 3. The molecule has 73 heavy (non-hydrogen) atoms. The number of nitrogens with one attached hydrogen (secondary N) is 3. The van der Waals surface area contributed by atoms with E-state index in [0.717, 1.165) is 106 Å². The number of ether oxygens (including phenoxy) is 1. The van der Waals surface area contributed by atoms with Crippen LogP contribution in [0.15, 0.2) is 61.2 Å². The summed E-state index contributed by atoms with van der Waals surface area (Å²) in [5.41, 5.74) is 4.23. The van der Waals surface area contributed by atoms with Crippen molar-refractivity contribution in [2.45, 2.75) is 64.9 Å². The number of amides is 3. The van der Waals surface area contributed by atoms with E-state index in [-0.39, 0.29) is 17.9 Å². The SMILES string of the molecule is CN(C)C(=O)c1cc2cnc(Nc3ccc(N4CCN(C(=O)OC(C)(C)C)CC4)cn3)nc2n1N1CCCCC1.CN(C)C(=O)c1cc2cnc(Nc3ccc(N4CCNCC4)cn3)nc2n1N1CCCCC1. The van der Waals surface area contributed by atoms with Gasteiger partial charge in [0.15, 0.2) is 11.3 Å². The standard InChI is InChI=1S/C28H39N9O3.C23H31N9O/c1-28(2,3)40-27(39)35-15-13-34(14-16-35)21-9-10-23(29-19-21)31-26-30-18-20-17-22(25(38)33(4)5)37(24(20)32-26)36-11-7-6-8-12-36;1-29(2)22(33)19-14-17-15-26-23(28-21(17)32(19)31-10-4-3-5-11-31)27-20-7-6-18(16-25-20)30-12-8-24-9-13-30/h9-10,17-19H,6-8,11-16H2,1-5H3,(H,29,30,31,32);6-7,14-16,24H,3-5,8-13H2,1-2H3,(H,25,26,27,28). The molecule has 0 spiro atoms. The molecule has 10 rings (SSSR count). The zero-order valence-electron chi connectivity index (χ0n) is 43.3. The molecule has 0 bridgehead atoms. The zero-order valence-corrected chi connectivity index (χ0v) is 43.3. The quantitative estimate of drug-likeness (QED) is 0.160. The van der Waals surface area contributed by atoms with Gasteiger partial charge >= 0.3 is 6.09 Å². The molecule has 0 aliphatic carbocycles. The van der Waals surface area contributed by atoms with Gasteiger partial charge in [0, 0.05) is 130 Å². The molecule has 388 valence electrons. The fraction of sp³-hybridized carbons (Fsp3) is 0.510. The molecule has 4 fully saturated rings. The van der Waals surface area contributed by atoms with Gasteiger partial charge in [-0.05, 0) is 95.7 Å². The summed E-state index contributed by atoms with van der Waals surface area (Å²) >= 11 is 0.